The molecule has 5 amide bonds. The summed E-state index contributed by atoms with van der Waals surface area (Å²) in [5, 5.41) is 23.4. The van der Waals surface area contributed by atoms with Gasteiger partial charge in [-0.05, 0) is 46.9 Å². The Bertz CT molecular complexity index is 1880. The Balaban J connectivity index is 1.45. The molecule has 4 aromatic rings. The van der Waals surface area contributed by atoms with Crippen molar-refractivity contribution in [1.29, 1.82) is 0 Å². The lowest BCUT2D eigenvalue weighted by molar-refractivity contribution is -0.142. The zero-order valence-electron chi connectivity index (χ0n) is 28.6. The molecular weight excluding hydrogens is 662 g/mol. The number of nitrogens with one attached hydrogen (secondary N) is 5. The second kappa shape index (κ2) is 17.6. The van der Waals surface area contributed by atoms with E-state index in [9.17, 15) is 33.9 Å². The van der Waals surface area contributed by atoms with Crippen LogP contribution in [-0.4, -0.2) is 64.8 Å². The molecule has 4 atom stereocenters. The molecule has 0 spiro atoms. The van der Waals surface area contributed by atoms with Crippen LogP contribution in [0.25, 0.3) is 11.1 Å². The third-order valence-electron chi connectivity index (χ3n) is 8.69. The fraction of sp³-hybridized carbons (Fsp3) is 0.250. The SMILES string of the molecule is C[C@H]1NC(=O)CCC(=O)Nc2ccc(cc2)C[C@@H](C(=O)O)NC(=O)[C@@H](Cc2ccccc2)NC(=O)[C@H](Cc2ccc(-c3ccccc3)cc2)NC1=O. The van der Waals surface area contributed by atoms with Crippen LogP contribution >= 0.6 is 0 Å². The van der Waals surface area contributed by atoms with Gasteiger partial charge in [-0.3, -0.25) is 24.0 Å². The first-order chi connectivity index (χ1) is 25.0. The van der Waals surface area contributed by atoms with Crippen molar-refractivity contribution in [2.24, 2.45) is 0 Å². The number of carboxylic acid groups (broad SMARTS) is 1. The molecule has 2 aliphatic heterocycles. The third-order valence-corrected chi connectivity index (χ3v) is 8.69. The van der Waals surface area contributed by atoms with Crippen molar-refractivity contribution in [2.45, 2.75) is 63.2 Å². The Labute approximate surface area is 301 Å². The summed E-state index contributed by atoms with van der Waals surface area (Å²) >= 11 is 0. The first-order valence-electron chi connectivity index (χ1n) is 17.0. The van der Waals surface area contributed by atoms with E-state index in [0.29, 0.717) is 22.4 Å². The summed E-state index contributed by atoms with van der Waals surface area (Å²) in [6.07, 6.45) is -0.327. The first-order valence-corrected chi connectivity index (χ1v) is 17.0. The van der Waals surface area contributed by atoms with Gasteiger partial charge in [0.25, 0.3) is 0 Å². The van der Waals surface area contributed by atoms with Crippen molar-refractivity contribution >= 4 is 41.2 Å². The normalized spacial score (nSPS) is 20.7. The van der Waals surface area contributed by atoms with Crippen molar-refractivity contribution in [3.8, 4) is 11.1 Å². The van der Waals surface area contributed by atoms with Crippen molar-refractivity contribution < 1.29 is 33.9 Å². The van der Waals surface area contributed by atoms with Crippen LogP contribution in [0.15, 0.2) is 109 Å². The second-order valence-corrected chi connectivity index (χ2v) is 12.7. The van der Waals surface area contributed by atoms with Gasteiger partial charge in [0.2, 0.25) is 29.5 Å². The molecule has 0 saturated carbocycles. The van der Waals surface area contributed by atoms with Crippen LogP contribution in [0.5, 0.6) is 0 Å². The average Bonchev–Trinajstić information content (AvgIpc) is 3.14. The molecule has 0 aromatic heterocycles. The molecule has 2 bridgehead atoms. The van der Waals surface area contributed by atoms with Gasteiger partial charge < -0.3 is 31.7 Å². The highest BCUT2D eigenvalue weighted by atomic mass is 16.4. The summed E-state index contributed by atoms with van der Waals surface area (Å²) in [5.74, 6) is -4.29. The molecule has 2 heterocycles. The topological polar surface area (TPSA) is 183 Å². The Morgan fingerprint density at radius 3 is 1.73 bits per heavy atom. The van der Waals surface area contributed by atoms with Crippen molar-refractivity contribution in [3.63, 3.8) is 0 Å². The number of amides is 5. The maximum absolute atomic E-state index is 14.1. The third kappa shape index (κ3) is 10.6. The summed E-state index contributed by atoms with van der Waals surface area (Å²) in [6.45, 7) is 1.46. The number of carbonyl (C=O) groups is 6. The van der Waals surface area contributed by atoms with E-state index in [1.807, 2.05) is 60.7 Å². The standard InChI is InChI=1S/C40H41N5O7/c1-25-37(48)43-32(23-27-12-16-30(17-13-27)29-10-6-3-7-11-29)38(49)44-33(22-26-8-4-2-5-9-26)39(50)45-34(40(51)52)24-28-14-18-31(19-15-28)42-36(47)21-20-35(46)41-25/h2-19,25,32-34H,20-24H2,1H3,(H,41,46)(H,42,47)(H,43,48)(H,44,49)(H,45,50)(H,51,52)/t25-,32+,33-,34+/m1/s1. The van der Waals surface area contributed by atoms with Gasteiger partial charge in [0.05, 0.1) is 0 Å². The fourth-order valence-electron chi connectivity index (χ4n) is 5.80. The van der Waals surface area contributed by atoms with E-state index >= 15 is 0 Å². The highest BCUT2D eigenvalue weighted by Crippen LogP contribution is 2.20. The Morgan fingerprint density at radius 2 is 1.12 bits per heavy atom. The van der Waals surface area contributed by atoms with Gasteiger partial charge >= 0.3 is 5.97 Å². The Hall–Kier alpha value is -6.30. The molecule has 0 fully saturated rings. The summed E-state index contributed by atoms with van der Waals surface area (Å²) in [6, 6.07) is 27.8. The molecule has 268 valence electrons. The number of fused-ring (bicyclic) bond motifs is 18. The molecule has 2 aliphatic rings. The molecule has 0 aliphatic carbocycles. The van der Waals surface area contributed by atoms with Crippen LogP contribution < -0.4 is 26.6 Å². The number of rotatable bonds is 6. The average molecular weight is 704 g/mol. The number of carbonyl (C=O) groups excluding carboxylic acids is 5. The van der Waals surface area contributed by atoms with E-state index in [1.165, 1.54) is 6.92 Å². The number of anilines is 1. The largest absolute Gasteiger partial charge is 0.480 e. The summed E-state index contributed by atoms with van der Waals surface area (Å²) in [5.41, 5.74) is 4.41. The smallest absolute Gasteiger partial charge is 0.326 e. The number of benzene rings is 4. The van der Waals surface area contributed by atoms with Gasteiger partial charge in [0.15, 0.2) is 0 Å². The molecular formula is C40H41N5O7. The van der Waals surface area contributed by atoms with Crippen molar-refractivity contribution in [1.82, 2.24) is 21.3 Å². The molecule has 52 heavy (non-hydrogen) atoms. The lowest BCUT2D eigenvalue weighted by Crippen LogP contribution is -2.58. The van der Waals surface area contributed by atoms with Gasteiger partial charge in [0.1, 0.15) is 24.2 Å². The summed E-state index contributed by atoms with van der Waals surface area (Å²) in [4.78, 5) is 78.8. The van der Waals surface area contributed by atoms with E-state index < -0.39 is 59.7 Å². The van der Waals surface area contributed by atoms with E-state index in [4.69, 9.17) is 0 Å². The summed E-state index contributed by atoms with van der Waals surface area (Å²) < 4.78 is 0. The molecule has 12 nitrogen and oxygen atoms in total. The van der Waals surface area contributed by atoms with E-state index in [0.717, 1.165) is 11.1 Å². The highest BCUT2D eigenvalue weighted by Gasteiger charge is 2.31. The van der Waals surface area contributed by atoms with Crippen LogP contribution in [0.3, 0.4) is 0 Å². The van der Waals surface area contributed by atoms with Crippen LogP contribution in [0, 0.1) is 0 Å². The summed E-state index contributed by atoms with van der Waals surface area (Å²) in [7, 11) is 0. The molecule has 0 saturated heterocycles. The predicted octanol–water partition coefficient (Wildman–Crippen LogP) is 3.16. The van der Waals surface area contributed by atoms with Crippen LogP contribution in [-0.2, 0) is 48.0 Å². The van der Waals surface area contributed by atoms with E-state index in [2.05, 4.69) is 26.6 Å². The van der Waals surface area contributed by atoms with Crippen molar-refractivity contribution in [2.75, 3.05) is 5.32 Å². The van der Waals surface area contributed by atoms with Gasteiger partial charge in [-0.1, -0.05) is 97.1 Å². The van der Waals surface area contributed by atoms with Gasteiger partial charge in [-0.2, -0.15) is 0 Å². The highest BCUT2D eigenvalue weighted by molar-refractivity contribution is 5.96. The zero-order valence-corrected chi connectivity index (χ0v) is 28.6. The molecule has 6 rings (SSSR count). The van der Waals surface area contributed by atoms with Crippen LogP contribution in [0.2, 0.25) is 0 Å². The maximum atomic E-state index is 14.1. The Morgan fingerprint density at radius 1 is 0.596 bits per heavy atom. The van der Waals surface area contributed by atoms with Gasteiger partial charge in [-0.15, -0.1) is 0 Å². The number of hydrogen-bond donors (Lipinski definition) is 6. The fourth-order valence-corrected chi connectivity index (χ4v) is 5.80. The molecule has 12 heteroatoms. The minimum Gasteiger partial charge on any atom is -0.480 e. The minimum absolute atomic E-state index is 0.0397. The number of carboxylic acids is 1. The number of aliphatic carboxylic acids is 1. The number of hydrogen-bond acceptors (Lipinski definition) is 6. The quantitative estimate of drug-likeness (QED) is 0.167. The Kier molecular flexibility index (Phi) is 12.5. The van der Waals surface area contributed by atoms with Gasteiger partial charge in [-0.25, -0.2) is 4.79 Å². The molecule has 4 aromatic carbocycles. The maximum Gasteiger partial charge on any atom is 0.326 e. The zero-order chi connectivity index (χ0) is 37.0. The molecule has 0 radical (unpaired) electrons. The molecule has 6 N–H and O–H groups in total. The lowest BCUT2D eigenvalue weighted by atomic mass is 9.99. The minimum atomic E-state index is -1.34. The van der Waals surface area contributed by atoms with Crippen molar-refractivity contribution in [3.05, 3.63) is 126 Å². The molecule has 0 unspecified atom stereocenters. The predicted molar refractivity (Wildman–Crippen MR) is 195 cm³/mol. The van der Waals surface area contributed by atoms with Crippen LogP contribution in [0.4, 0.5) is 5.69 Å². The first kappa shape index (κ1) is 37.0. The van der Waals surface area contributed by atoms with E-state index in [-0.39, 0.29) is 32.1 Å². The lowest BCUT2D eigenvalue weighted by Gasteiger charge is -2.26. The van der Waals surface area contributed by atoms with Crippen LogP contribution in [0.1, 0.15) is 36.5 Å². The second-order valence-electron chi connectivity index (χ2n) is 12.7. The van der Waals surface area contributed by atoms with E-state index in [1.54, 1.807) is 48.5 Å². The monoisotopic (exact) mass is 703 g/mol. The van der Waals surface area contributed by atoms with Gasteiger partial charge in [0, 0.05) is 37.8 Å².